The van der Waals surface area contributed by atoms with Crippen LogP contribution in [0.2, 0.25) is 0 Å². The minimum atomic E-state index is -1.37. The number of hydrogen-bond donors (Lipinski definition) is 2. The van der Waals surface area contributed by atoms with Gasteiger partial charge in [-0.05, 0) is 5.56 Å². The minimum Gasteiger partial charge on any atom is -0.480 e. The molecule has 0 saturated carbocycles. The van der Waals surface area contributed by atoms with Gasteiger partial charge in [0.25, 0.3) is 11.7 Å². The molecule has 1 aromatic carbocycles. The number of cyclic esters (lactones) is 1. The van der Waals surface area contributed by atoms with Crippen molar-refractivity contribution in [2.45, 2.75) is 25.6 Å². The van der Waals surface area contributed by atoms with Gasteiger partial charge in [0.1, 0.15) is 11.5 Å². The van der Waals surface area contributed by atoms with E-state index in [0.717, 1.165) is 0 Å². The molecule has 2 rings (SSSR count). The molecule has 1 aliphatic heterocycles. The Bertz CT molecular complexity index is 703. The van der Waals surface area contributed by atoms with Crippen LogP contribution in [-0.4, -0.2) is 22.8 Å². The number of hydrogen-bond acceptors (Lipinski definition) is 6. The third-order valence-corrected chi connectivity index (χ3v) is 3.38. The van der Waals surface area contributed by atoms with Gasteiger partial charge in [-0.1, -0.05) is 30.3 Å². The number of esters is 1. The lowest BCUT2D eigenvalue weighted by Gasteiger charge is -2.33. The summed E-state index contributed by atoms with van der Waals surface area (Å²) in [5.74, 6) is -6.27. The molecular formula is C16H16N2O5. The van der Waals surface area contributed by atoms with E-state index < -0.39 is 35.4 Å². The molecule has 23 heavy (non-hydrogen) atoms. The van der Waals surface area contributed by atoms with Gasteiger partial charge in [0, 0.05) is 19.8 Å². The first-order valence-electron chi connectivity index (χ1n) is 6.86. The number of aliphatic hydroxyl groups is 1. The molecule has 0 radical (unpaired) electrons. The molecule has 7 heteroatoms. The SMILES string of the molecule is CC1(C)OC(=O)C([C@H](c2ccccc2)[C@@H](C#N)C(N)=O)=C(O)O1. The van der Waals surface area contributed by atoms with Gasteiger partial charge in [-0.25, -0.2) is 4.79 Å². The second-order valence-electron chi connectivity index (χ2n) is 5.51. The summed E-state index contributed by atoms with van der Waals surface area (Å²) in [6.45, 7) is 2.90. The fraction of sp³-hybridized carbons (Fsp3) is 0.312. The summed E-state index contributed by atoms with van der Waals surface area (Å²) in [6, 6.07) is 10.1. The number of benzene rings is 1. The Hall–Kier alpha value is -3.01. The number of nitriles is 1. The van der Waals surface area contributed by atoms with Crippen LogP contribution in [0, 0.1) is 17.2 Å². The Morgan fingerprint density at radius 1 is 1.30 bits per heavy atom. The Balaban J connectivity index is 2.61. The van der Waals surface area contributed by atoms with E-state index in [4.69, 9.17) is 15.2 Å². The van der Waals surface area contributed by atoms with Crippen LogP contribution in [-0.2, 0) is 19.1 Å². The van der Waals surface area contributed by atoms with E-state index in [2.05, 4.69) is 0 Å². The van der Waals surface area contributed by atoms with E-state index >= 15 is 0 Å². The van der Waals surface area contributed by atoms with E-state index in [9.17, 15) is 20.0 Å². The molecule has 120 valence electrons. The van der Waals surface area contributed by atoms with Crippen LogP contribution in [0.4, 0.5) is 0 Å². The van der Waals surface area contributed by atoms with Gasteiger partial charge < -0.3 is 20.3 Å². The summed E-state index contributed by atoms with van der Waals surface area (Å²) >= 11 is 0. The second kappa shape index (κ2) is 6.01. The molecule has 1 aromatic rings. The number of aliphatic hydroxyl groups excluding tert-OH is 1. The number of carbonyl (C=O) groups is 2. The maximum Gasteiger partial charge on any atom is 0.345 e. The zero-order valence-corrected chi connectivity index (χ0v) is 12.6. The summed E-state index contributed by atoms with van der Waals surface area (Å²) in [5.41, 5.74) is 5.43. The van der Waals surface area contributed by atoms with Gasteiger partial charge in [-0.15, -0.1) is 0 Å². The van der Waals surface area contributed by atoms with Gasteiger partial charge in [-0.2, -0.15) is 5.26 Å². The van der Waals surface area contributed by atoms with Crippen molar-refractivity contribution in [3.8, 4) is 6.07 Å². The number of nitrogens with zero attached hydrogens (tertiary/aromatic N) is 1. The van der Waals surface area contributed by atoms with Crippen molar-refractivity contribution >= 4 is 11.9 Å². The first kappa shape index (κ1) is 16.4. The molecule has 0 saturated heterocycles. The van der Waals surface area contributed by atoms with Crippen molar-refractivity contribution in [2.75, 3.05) is 0 Å². The van der Waals surface area contributed by atoms with Crippen LogP contribution >= 0.6 is 0 Å². The minimum absolute atomic E-state index is 0.305. The molecule has 1 amide bonds. The van der Waals surface area contributed by atoms with Crippen LogP contribution in [0.1, 0.15) is 25.3 Å². The summed E-state index contributed by atoms with van der Waals surface area (Å²) in [5, 5.41) is 19.4. The molecule has 0 aromatic heterocycles. The van der Waals surface area contributed by atoms with E-state index in [-0.39, 0.29) is 5.57 Å². The third-order valence-electron chi connectivity index (χ3n) is 3.38. The lowest BCUT2D eigenvalue weighted by molar-refractivity contribution is -0.222. The summed E-state index contributed by atoms with van der Waals surface area (Å²) in [6.07, 6.45) is 0. The maximum atomic E-state index is 12.3. The summed E-state index contributed by atoms with van der Waals surface area (Å²) < 4.78 is 10.3. The van der Waals surface area contributed by atoms with Crippen LogP contribution in [0.5, 0.6) is 0 Å². The van der Waals surface area contributed by atoms with Crippen molar-refractivity contribution in [1.82, 2.24) is 0 Å². The average Bonchev–Trinajstić information content (AvgIpc) is 2.45. The first-order valence-corrected chi connectivity index (χ1v) is 6.86. The Kier molecular flexibility index (Phi) is 4.27. The highest BCUT2D eigenvalue weighted by Gasteiger charge is 2.44. The van der Waals surface area contributed by atoms with Crippen molar-refractivity contribution in [2.24, 2.45) is 11.7 Å². The summed E-state index contributed by atoms with van der Waals surface area (Å²) in [7, 11) is 0. The van der Waals surface area contributed by atoms with E-state index in [1.54, 1.807) is 36.4 Å². The Morgan fingerprint density at radius 2 is 1.91 bits per heavy atom. The van der Waals surface area contributed by atoms with Gasteiger partial charge in [0.05, 0.1) is 6.07 Å². The number of ether oxygens (including phenoxy) is 2. The lowest BCUT2D eigenvalue weighted by atomic mass is 9.80. The summed E-state index contributed by atoms with van der Waals surface area (Å²) in [4.78, 5) is 23.9. The predicted molar refractivity (Wildman–Crippen MR) is 78.4 cm³/mol. The number of amides is 1. The smallest absolute Gasteiger partial charge is 0.345 e. The quantitative estimate of drug-likeness (QED) is 0.811. The maximum absolute atomic E-state index is 12.3. The molecule has 2 atom stereocenters. The highest BCUT2D eigenvalue weighted by Crippen LogP contribution is 2.38. The fourth-order valence-electron chi connectivity index (χ4n) is 2.42. The average molecular weight is 316 g/mol. The molecule has 0 unspecified atom stereocenters. The van der Waals surface area contributed by atoms with Crippen LogP contribution in [0.3, 0.4) is 0 Å². The van der Waals surface area contributed by atoms with E-state index in [0.29, 0.717) is 5.56 Å². The van der Waals surface area contributed by atoms with Crippen LogP contribution < -0.4 is 5.73 Å². The van der Waals surface area contributed by atoms with Crippen molar-refractivity contribution in [1.29, 1.82) is 5.26 Å². The largest absolute Gasteiger partial charge is 0.480 e. The van der Waals surface area contributed by atoms with E-state index in [1.807, 2.05) is 0 Å². The van der Waals surface area contributed by atoms with Crippen LogP contribution in [0.15, 0.2) is 41.9 Å². The Morgan fingerprint density at radius 3 is 2.39 bits per heavy atom. The Labute approximate surface area is 132 Å². The zero-order chi connectivity index (χ0) is 17.2. The molecule has 1 aliphatic rings. The normalized spacial score (nSPS) is 19.1. The molecule has 0 aliphatic carbocycles. The van der Waals surface area contributed by atoms with E-state index in [1.165, 1.54) is 13.8 Å². The molecule has 0 fully saturated rings. The molecule has 0 bridgehead atoms. The number of nitrogens with two attached hydrogens (primary N) is 1. The van der Waals surface area contributed by atoms with Crippen LogP contribution in [0.25, 0.3) is 0 Å². The third kappa shape index (κ3) is 3.26. The standard InChI is InChI=1S/C16H16N2O5/c1-16(2)22-14(20)12(15(21)23-16)11(10(8-17)13(18)19)9-6-4-3-5-7-9/h3-7,10-11,20H,1-2H3,(H2,18,19)/t10-,11-/m1/s1. The second-order valence-corrected chi connectivity index (χ2v) is 5.51. The monoisotopic (exact) mass is 316 g/mol. The van der Waals surface area contributed by atoms with Gasteiger partial charge >= 0.3 is 5.97 Å². The molecule has 3 N–H and O–H groups in total. The number of rotatable bonds is 4. The molecule has 1 heterocycles. The van der Waals surface area contributed by atoms with Gasteiger partial charge in [0.15, 0.2) is 0 Å². The van der Waals surface area contributed by atoms with Crippen molar-refractivity contribution in [3.63, 3.8) is 0 Å². The predicted octanol–water partition coefficient (Wildman–Crippen LogP) is 1.47. The van der Waals surface area contributed by atoms with Crippen molar-refractivity contribution < 1.29 is 24.2 Å². The zero-order valence-electron chi connectivity index (χ0n) is 12.6. The topological polar surface area (TPSA) is 123 Å². The number of primary amides is 1. The molecule has 7 nitrogen and oxygen atoms in total. The first-order chi connectivity index (χ1) is 10.8. The van der Waals surface area contributed by atoms with Crippen molar-refractivity contribution in [3.05, 3.63) is 47.4 Å². The lowest BCUT2D eigenvalue weighted by Crippen LogP contribution is -2.40. The molecular weight excluding hydrogens is 300 g/mol. The highest BCUT2D eigenvalue weighted by molar-refractivity contribution is 5.93. The van der Waals surface area contributed by atoms with Gasteiger partial charge in [-0.3, -0.25) is 4.79 Å². The molecule has 0 spiro atoms. The number of carbonyl (C=O) groups excluding carboxylic acids is 2. The fourth-order valence-corrected chi connectivity index (χ4v) is 2.42. The van der Waals surface area contributed by atoms with Gasteiger partial charge in [0.2, 0.25) is 5.91 Å². The highest BCUT2D eigenvalue weighted by atomic mass is 16.8.